The fourth-order valence-electron chi connectivity index (χ4n) is 1.96. The Labute approximate surface area is 112 Å². The molecule has 0 aliphatic carbocycles. The van der Waals surface area contributed by atoms with E-state index in [1.807, 2.05) is 11.8 Å². The third kappa shape index (κ3) is 3.32. The van der Waals surface area contributed by atoms with Crippen molar-refractivity contribution in [3.05, 3.63) is 17.0 Å². The molecule has 2 rings (SSSR count). The lowest BCUT2D eigenvalue weighted by Gasteiger charge is -2.15. The lowest BCUT2D eigenvalue weighted by Crippen LogP contribution is -2.33. The van der Waals surface area contributed by atoms with Gasteiger partial charge in [0, 0.05) is 25.6 Å². The Morgan fingerprint density at radius 1 is 1.44 bits per heavy atom. The van der Waals surface area contributed by atoms with E-state index in [1.165, 1.54) is 0 Å². The van der Waals surface area contributed by atoms with Gasteiger partial charge in [-0.1, -0.05) is 18.5 Å². The number of carbonyl (C=O) groups excluding carboxylic acids is 1. The van der Waals surface area contributed by atoms with Crippen LogP contribution >= 0.6 is 11.6 Å². The molecule has 1 aromatic rings. The van der Waals surface area contributed by atoms with Gasteiger partial charge < -0.3 is 10.2 Å². The van der Waals surface area contributed by atoms with Gasteiger partial charge in [-0.05, 0) is 12.8 Å². The van der Waals surface area contributed by atoms with Crippen LogP contribution in [0.4, 0.5) is 5.82 Å². The first-order chi connectivity index (χ1) is 8.69. The van der Waals surface area contributed by atoms with Gasteiger partial charge in [-0.15, -0.1) is 0 Å². The molecule has 18 heavy (non-hydrogen) atoms. The molecular formula is C12H17ClN4O. The molecule has 0 saturated carbocycles. The number of rotatable bonds is 4. The number of carbonyl (C=O) groups is 1. The van der Waals surface area contributed by atoms with Crippen molar-refractivity contribution in [2.24, 2.45) is 0 Å². The van der Waals surface area contributed by atoms with Crippen molar-refractivity contribution >= 4 is 23.3 Å². The molecule has 0 bridgehead atoms. The van der Waals surface area contributed by atoms with Crippen LogP contribution in [0.15, 0.2) is 6.07 Å². The van der Waals surface area contributed by atoms with E-state index in [9.17, 15) is 4.79 Å². The first-order valence-corrected chi connectivity index (χ1v) is 6.62. The number of nitrogens with one attached hydrogen (secondary N) is 1. The number of hydrogen-bond donors (Lipinski definition) is 1. The maximum absolute atomic E-state index is 11.8. The zero-order valence-electron chi connectivity index (χ0n) is 10.4. The van der Waals surface area contributed by atoms with E-state index in [1.54, 1.807) is 6.07 Å². The first kappa shape index (κ1) is 13.1. The number of anilines is 1. The molecule has 1 saturated heterocycles. The van der Waals surface area contributed by atoms with Crippen LogP contribution in [0.5, 0.6) is 0 Å². The van der Waals surface area contributed by atoms with E-state index in [2.05, 4.69) is 15.3 Å². The molecule has 5 nitrogen and oxygen atoms in total. The Morgan fingerprint density at radius 2 is 2.17 bits per heavy atom. The third-order valence-electron chi connectivity index (χ3n) is 2.94. The van der Waals surface area contributed by atoms with E-state index in [4.69, 9.17) is 11.6 Å². The molecule has 1 N–H and O–H groups in total. The lowest BCUT2D eigenvalue weighted by molar-refractivity contribution is -0.128. The topological polar surface area (TPSA) is 58.1 Å². The van der Waals surface area contributed by atoms with Crippen molar-refractivity contribution in [3.63, 3.8) is 0 Å². The predicted molar refractivity (Wildman–Crippen MR) is 70.7 cm³/mol. The molecule has 6 heteroatoms. The normalized spacial score (nSPS) is 14.9. The standard InChI is InChI=1S/C12H17ClN4O/c1-2-10-15-9(13)7-11(16-10)14-8-12(18)17-5-3-4-6-17/h7H,2-6,8H2,1H3,(H,14,15,16). The van der Waals surface area contributed by atoms with E-state index < -0.39 is 0 Å². The predicted octanol–water partition coefficient (Wildman–Crippen LogP) is 1.73. The van der Waals surface area contributed by atoms with Gasteiger partial charge in [-0.3, -0.25) is 4.79 Å². The lowest BCUT2D eigenvalue weighted by atomic mass is 10.4. The minimum atomic E-state index is 0.111. The highest BCUT2D eigenvalue weighted by atomic mass is 35.5. The Balaban J connectivity index is 1.92. The van der Waals surface area contributed by atoms with Crippen molar-refractivity contribution < 1.29 is 4.79 Å². The number of aryl methyl sites for hydroxylation is 1. The zero-order valence-corrected chi connectivity index (χ0v) is 11.2. The Hall–Kier alpha value is -1.36. The maximum Gasteiger partial charge on any atom is 0.241 e. The molecule has 0 radical (unpaired) electrons. The van der Waals surface area contributed by atoms with Gasteiger partial charge in [-0.2, -0.15) is 0 Å². The van der Waals surface area contributed by atoms with Gasteiger partial charge in [0.05, 0.1) is 6.54 Å². The molecule has 0 aromatic carbocycles. The number of hydrogen-bond acceptors (Lipinski definition) is 4. The van der Waals surface area contributed by atoms with Crippen molar-refractivity contribution in [3.8, 4) is 0 Å². The molecule has 2 heterocycles. The van der Waals surface area contributed by atoms with Gasteiger partial charge >= 0.3 is 0 Å². The van der Waals surface area contributed by atoms with Crippen molar-refractivity contribution in [1.82, 2.24) is 14.9 Å². The summed E-state index contributed by atoms with van der Waals surface area (Å²) in [6.45, 7) is 3.96. The molecule has 0 spiro atoms. The Kier molecular flexibility index (Phi) is 4.36. The molecule has 1 amide bonds. The summed E-state index contributed by atoms with van der Waals surface area (Å²) < 4.78 is 0. The molecule has 98 valence electrons. The van der Waals surface area contributed by atoms with Crippen LogP contribution in [0.2, 0.25) is 5.15 Å². The van der Waals surface area contributed by atoms with E-state index in [0.717, 1.165) is 32.4 Å². The van der Waals surface area contributed by atoms with Gasteiger partial charge in [0.2, 0.25) is 5.91 Å². The molecular weight excluding hydrogens is 252 g/mol. The SMILES string of the molecule is CCc1nc(Cl)cc(NCC(=O)N2CCCC2)n1. The van der Waals surface area contributed by atoms with Crippen LogP contribution in [-0.4, -0.2) is 40.4 Å². The molecule has 1 aliphatic rings. The summed E-state index contributed by atoms with van der Waals surface area (Å²) in [6.07, 6.45) is 2.92. The van der Waals surface area contributed by atoms with Crippen LogP contribution in [0, 0.1) is 0 Å². The summed E-state index contributed by atoms with van der Waals surface area (Å²) in [5.74, 6) is 1.40. The third-order valence-corrected chi connectivity index (χ3v) is 3.13. The highest BCUT2D eigenvalue weighted by Crippen LogP contribution is 2.12. The van der Waals surface area contributed by atoms with Crippen LogP contribution in [0.25, 0.3) is 0 Å². The summed E-state index contributed by atoms with van der Waals surface area (Å²) in [5, 5.41) is 3.41. The highest BCUT2D eigenvalue weighted by molar-refractivity contribution is 6.29. The van der Waals surface area contributed by atoms with Gasteiger partial charge in [0.1, 0.15) is 16.8 Å². The van der Waals surface area contributed by atoms with Gasteiger partial charge in [-0.25, -0.2) is 9.97 Å². The number of aromatic nitrogens is 2. The van der Waals surface area contributed by atoms with Crippen molar-refractivity contribution in [2.45, 2.75) is 26.2 Å². The molecule has 0 atom stereocenters. The summed E-state index contributed by atoms with van der Waals surface area (Å²) in [4.78, 5) is 22.1. The van der Waals surface area contributed by atoms with Gasteiger partial charge in [0.15, 0.2) is 0 Å². The average molecular weight is 269 g/mol. The summed E-state index contributed by atoms with van der Waals surface area (Å²) in [6, 6.07) is 1.64. The van der Waals surface area contributed by atoms with Crippen LogP contribution in [0.1, 0.15) is 25.6 Å². The number of likely N-dealkylation sites (tertiary alicyclic amines) is 1. The smallest absolute Gasteiger partial charge is 0.241 e. The first-order valence-electron chi connectivity index (χ1n) is 6.24. The highest BCUT2D eigenvalue weighted by Gasteiger charge is 2.17. The largest absolute Gasteiger partial charge is 0.361 e. The van der Waals surface area contributed by atoms with Gasteiger partial charge in [0.25, 0.3) is 0 Å². The minimum Gasteiger partial charge on any atom is -0.361 e. The molecule has 1 fully saturated rings. The fourth-order valence-corrected chi connectivity index (χ4v) is 2.16. The number of nitrogens with zero attached hydrogens (tertiary/aromatic N) is 3. The Bertz CT molecular complexity index is 432. The number of amides is 1. The summed E-state index contributed by atoms with van der Waals surface area (Å²) in [5.41, 5.74) is 0. The summed E-state index contributed by atoms with van der Waals surface area (Å²) in [7, 11) is 0. The molecule has 0 unspecified atom stereocenters. The monoisotopic (exact) mass is 268 g/mol. The van der Waals surface area contributed by atoms with E-state index in [-0.39, 0.29) is 12.5 Å². The second kappa shape index (κ2) is 6.00. The van der Waals surface area contributed by atoms with Crippen molar-refractivity contribution in [2.75, 3.05) is 25.0 Å². The second-order valence-electron chi connectivity index (χ2n) is 4.29. The zero-order chi connectivity index (χ0) is 13.0. The average Bonchev–Trinajstić information content (AvgIpc) is 2.89. The van der Waals surface area contributed by atoms with E-state index in [0.29, 0.717) is 16.8 Å². The van der Waals surface area contributed by atoms with E-state index >= 15 is 0 Å². The maximum atomic E-state index is 11.8. The summed E-state index contributed by atoms with van der Waals surface area (Å²) >= 11 is 5.88. The molecule has 1 aromatic heterocycles. The Morgan fingerprint density at radius 3 is 2.83 bits per heavy atom. The van der Waals surface area contributed by atoms with Crippen LogP contribution < -0.4 is 5.32 Å². The minimum absolute atomic E-state index is 0.111. The quantitative estimate of drug-likeness (QED) is 0.845. The van der Waals surface area contributed by atoms with Crippen LogP contribution in [0.3, 0.4) is 0 Å². The fraction of sp³-hybridized carbons (Fsp3) is 0.583. The molecule has 1 aliphatic heterocycles. The second-order valence-corrected chi connectivity index (χ2v) is 4.67. The number of halogens is 1. The van der Waals surface area contributed by atoms with Crippen molar-refractivity contribution in [1.29, 1.82) is 0 Å². The van der Waals surface area contributed by atoms with Crippen LogP contribution in [-0.2, 0) is 11.2 Å².